The molecule has 0 amide bonds. The number of carboxylic acids is 1. The van der Waals surface area contributed by atoms with E-state index in [9.17, 15) is 9.90 Å². The summed E-state index contributed by atoms with van der Waals surface area (Å²) in [4.78, 5) is 12.9. The van der Waals surface area contributed by atoms with Crippen LogP contribution in [-0.2, 0) is 18.3 Å². The van der Waals surface area contributed by atoms with Crippen LogP contribution in [0.1, 0.15) is 38.4 Å². The standard InChI is InChI=1S/C11H18N4O2/c1-8-4-3-5-11(6-8,10(16)17)7-9-12-14-15(2)13-9/h8H,3-7H2,1-2H3,(H,16,17). The van der Waals surface area contributed by atoms with Crippen molar-refractivity contribution in [2.75, 3.05) is 0 Å². The predicted molar refractivity (Wildman–Crippen MR) is 60.2 cm³/mol. The minimum atomic E-state index is -0.725. The maximum atomic E-state index is 11.6. The maximum absolute atomic E-state index is 11.6. The van der Waals surface area contributed by atoms with Crippen molar-refractivity contribution in [3.05, 3.63) is 5.82 Å². The van der Waals surface area contributed by atoms with Crippen LogP contribution in [0.5, 0.6) is 0 Å². The van der Waals surface area contributed by atoms with Crippen LogP contribution < -0.4 is 0 Å². The summed E-state index contributed by atoms with van der Waals surface area (Å²) in [6.45, 7) is 2.11. The number of carbonyl (C=O) groups is 1. The van der Waals surface area contributed by atoms with Gasteiger partial charge >= 0.3 is 5.97 Å². The van der Waals surface area contributed by atoms with E-state index in [1.54, 1.807) is 7.05 Å². The van der Waals surface area contributed by atoms with E-state index in [1.165, 1.54) is 4.80 Å². The molecule has 0 saturated heterocycles. The lowest BCUT2D eigenvalue weighted by atomic mass is 9.68. The Bertz CT molecular complexity index is 417. The molecule has 94 valence electrons. The van der Waals surface area contributed by atoms with E-state index < -0.39 is 11.4 Å². The molecule has 1 N–H and O–H groups in total. The number of aryl methyl sites for hydroxylation is 1. The average molecular weight is 238 g/mol. The highest BCUT2D eigenvalue weighted by molar-refractivity contribution is 5.75. The van der Waals surface area contributed by atoms with Gasteiger partial charge in [0.25, 0.3) is 0 Å². The predicted octanol–water partition coefficient (Wildman–Crippen LogP) is 1.03. The third-order valence-electron chi connectivity index (χ3n) is 3.59. The fourth-order valence-electron chi connectivity index (χ4n) is 2.79. The summed E-state index contributed by atoms with van der Waals surface area (Å²) in [5.74, 6) is 0.261. The third kappa shape index (κ3) is 2.45. The molecule has 6 nitrogen and oxygen atoms in total. The highest BCUT2D eigenvalue weighted by Crippen LogP contribution is 2.41. The van der Waals surface area contributed by atoms with Crippen LogP contribution >= 0.6 is 0 Å². The molecule has 2 unspecified atom stereocenters. The lowest BCUT2D eigenvalue weighted by molar-refractivity contribution is -0.152. The molecule has 1 aliphatic rings. The summed E-state index contributed by atoms with van der Waals surface area (Å²) in [6, 6.07) is 0. The second-order valence-corrected chi connectivity index (χ2v) is 5.16. The number of aliphatic carboxylic acids is 1. The fourth-order valence-corrected chi connectivity index (χ4v) is 2.79. The molecule has 1 fully saturated rings. The first-order valence-corrected chi connectivity index (χ1v) is 5.98. The van der Waals surface area contributed by atoms with Crippen molar-refractivity contribution in [2.24, 2.45) is 18.4 Å². The van der Waals surface area contributed by atoms with Gasteiger partial charge in [-0.25, -0.2) is 0 Å². The minimum Gasteiger partial charge on any atom is -0.481 e. The van der Waals surface area contributed by atoms with Crippen molar-refractivity contribution in [3.63, 3.8) is 0 Å². The van der Waals surface area contributed by atoms with Crippen LogP contribution in [-0.4, -0.2) is 31.3 Å². The number of rotatable bonds is 3. The monoisotopic (exact) mass is 238 g/mol. The summed E-state index contributed by atoms with van der Waals surface area (Å²) in [6.07, 6.45) is 3.89. The highest BCUT2D eigenvalue weighted by atomic mass is 16.4. The SMILES string of the molecule is CC1CCCC(Cc2nnn(C)n2)(C(=O)O)C1. The van der Waals surface area contributed by atoms with Crippen molar-refractivity contribution in [2.45, 2.75) is 39.0 Å². The largest absolute Gasteiger partial charge is 0.481 e. The first-order chi connectivity index (χ1) is 8.02. The molecule has 1 aliphatic carbocycles. The molecule has 6 heteroatoms. The second-order valence-electron chi connectivity index (χ2n) is 5.16. The molecule has 0 spiro atoms. The van der Waals surface area contributed by atoms with E-state index in [0.29, 0.717) is 31.0 Å². The van der Waals surface area contributed by atoms with Gasteiger partial charge in [0.05, 0.1) is 12.5 Å². The van der Waals surface area contributed by atoms with Gasteiger partial charge in [0.2, 0.25) is 0 Å². The van der Waals surface area contributed by atoms with Gasteiger partial charge in [-0.1, -0.05) is 19.8 Å². The second kappa shape index (κ2) is 4.43. The van der Waals surface area contributed by atoms with Gasteiger partial charge in [-0.05, 0) is 24.0 Å². The smallest absolute Gasteiger partial charge is 0.310 e. The van der Waals surface area contributed by atoms with E-state index in [-0.39, 0.29) is 0 Å². The Hall–Kier alpha value is -1.46. The number of tetrazole rings is 1. The Labute approximate surface area is 100 Å². The van der Waals surface area contributed by atoms with E-state index in [4.69, 9.17) is 0 Å². The third-order valence-corrected chi connectivity index (χ3v) is 3.59. The molecule has 0 aliphatic heterocycles. The lowest BCUT2D eigenvalue weighted by Gasteiger charge is -2.35. The van der Waals surface area contributed by atoms with Gasteiger partial charge < -0.3 is 5.11 Å². The molecule has 0 radical (unpaired) electrons. The Morgan fingerprint density at radius 1 is 1.65 bits per heavy atom. The Balaban J connectivity index is 2.19. The van der Waals surface area contributed by atoms with Crippen LogP contribution in [0, 0.1) is 11.3 Å². The molecule has 1 heterocycles. The first-order valence-electron chi connectivity index (χ1n) is 5.98. The number of hydrogen-bond acceptors (Lipinski definition) is 4. The van der Waals surface area contributed by atoms with Gasteiger partial charge in [-0.3, -0.25) is 4.79 Å². The fraction of sp³-hybridized carbons (Fsp3) is 0.818. The molecule has 2 rings (SSSR count). The van der Waals surface area contributed by atoms with Crippen molar-refractivity contribution in [1.29, 1.82) is 0 Å². The minimum absolute atomic E-state index is 0.389. The highest BCUT2D eigenvalue weighted by Gasteiger charge is 2.42. The van der Waals surface area contributed by atoms with Gasteiger partial charge in [-0.2, -0.15) is 4.80 Å². The van der Waals surface area contributed by atoms with E-state index >= 15 is 0 Å². The Morgan fingerprint density at radius 2 is 2.41 bits per heavy atom. The first kappa shape index (κ1) is 12.0. The number of hydrogen-bond donors (Lipinski definition) is 1. The number of nitrogens with zero attached hydrogens (tertiary/aromatic N) is 4. The zero-order valence-corrected chi connectivity index (χ0v) is 10.3. The summed E-state index contributed by atoms with van der Waals surface area (Å²) in [5, 5.41) is 21.2. The number of carboxylic acid groups (broad SMARTS) is 1. The zero-order chi connectivity index (χ0) is 12.5. The lowest BCUT2D eigenvalue weighted by Crippen LogP contribution is -2.38. The number of aromatic nitrogens is 4. The molecule has 2 atom stereocenters. The molecular weight excluding hydrogens is 220 g/mol. The molecule has 1 saturated carbocycles. The average Bonchev–Trinajstić information content (AvgIpc) is 2.63. The molecule has 1 aromatic heterocycles. The summed E-state index contributed by atoms with van der Waals surface area (Å²) >= 11 is 0. The van der Waals surface area contributed by atoms with Crippen LogP contribution in [0.15, 0.2) is 0 Å². The summed E-state index contributed by atoms with van der Waals surface area (Å²) in [5.41, 5.74) is -0.694. The van der Waals surface area contributed by atoms with Gasteiger partial charge in [0.15, 0.2) is 5.82 Å². The Morgan fingerprint density at radius 3 is 2.94 bits per heavy atom. The van der Waals surface area contributed by atoms with Crippen LogP contribution in [0.3, 0.4) is 0 Å². The zero-order valence-electron chi connectivity index (χ0n) is 10.3. The van der Waals surface area contributed by atoms with Crippen LogP contribution in [0.2, 0.25) is 0 Å². The quantitative estimate of drug-likeness (QED) is 0.850. The molecule has 1 aromatic rings. The van der Waals surface area contributed by atoms with Gasteiger partial charge in [-0.15, -0.1) is 10.2 Å². The van der Waals surface area contributed by atoms with Gasteiger partial charge in [0, 0.05) is 6.42 Å². The van der Waals surface area contributed by atoms with Gasteiger partial charge in [0.1, 0.15) is 0 Å². The van der Waals surface area contributed by atoms with Crippen LogP contribution in [0.4, 0.5) is 0 Å². The summed E-state index contributed by atoms with van der Waals surface area (Å²) < 4.78 is 0. The molecule has 0 bridgehead atoms. The topological polar surface area (TPSA) is 80.9 Å². The molecule has 0 aromatic carbocycles. The van der Waals surface area contributed by atoms with Crippen molar-refractivity contribution >= 4 is 5.97 Å². The van der Waals surface area contributed by atoms with E-state index in [1.807, 2.05) is 0 Å². The van der Waals surface area contributed by atoms with Crippen molar-refractivity contribution < 1.29 is 9.90 Å². The summed E-state index contributed by atoms with van der Waals surface area (Å²) in [7, 11) is 1.69. The van der Waals surface area contributed by atoms with Crippen LogP contribution in [0.25, 0.3) is 0 Å². The van der Waals surface area contributed by atoms with Crippen molar-refractivity contribution in [3.8, 4) is 0 Å². The maximum Gasteiger partial charge on any atom is 0.310 e. The van der Waals surface area contributed by atoms with Crippen molar-refractivity contribution in [1.82, 2.24) is 20.2 Å². The molecular formula is C11H18N4O2. The normalized spacial score (nSPS) is 29.2. The van der Waals surface area contributed by atoms with E-state index in [2.05, 4.69) is 22.3 Å². The molecule has 17 heavy (non-hydrogen) atoms. The van der Waals surface area contributed by atoms with E-state index in [0.717, 1.165) is 12.8 Å². The Kier molecular flexibility index (Phi) is 3.13.